The average Bonchev–Trinajstić information content (AvgIpc) is 3.91. The number of esters is 2. The fourth-order valence-electron chi connectivity index (χ4n) is 9.65. The molecule has 282 valence electrons. The molecule has 0 radical (unpaired) electrons. The Labute approximate surface area is 299 Å². The van der Waals surface area contributed by atoms with Gasteiger partial charge in [0, 0.05) is 5.92 Å². The van der Waals surface area contributed by atoms with E-state index in [1.165, 1.54) is 11.1 Å². The Morgan fingerprint density at radius 3 is 1.60 bits per heavy atom. The molecule has 9 heteroatoms. The van der Waals surface area contributed by atoms with Crippen LogP contribution in [-0.2, 0) is 28.5 Å². The van der Waals surface area contributed by atoms with Gasteiger partial charge in [0.05, 0.1) is 40.0 Å². The van der Waals surface area contributed by atoms with Crippen molar-refractivity contribution < 1.29 is 43.9 Å². The molecule has 0 spiro atoms. The van der Waals surface area contributed by atoms with E-state index in [0.717, 1.165) is 32.1 Å². The van der Waals surface area contributed by atoms with Crippen LogP contribution < -0.4 is 0 Å². The molecule has 0 aromatic carbocycles. The van der Waals surface area contributed by atoms with Crippen molar-refractivity contribution in [2.24, 2.45) is 17.3 Å². The Balaban J connectivity index is 1.23. The summed E-state index contributed by atoms with van der Waals surface area (Å²) < 4.78 is 24.4. The van der Waals surface area contributed by atoms with Gasteiger partial charge in [0.15, 0.2) is 5.60 Å². The zero-order valence-corrected chi connectivity index (χ0v) is 31.7. The second kappa shape index (κ2) is 13.6. The molecule has 0 saturated carbocycles. The molecule has 4 fully saturated rings. The number of fused-ring (bicyclic) bond motifs is 6. The van der Waals surface area contributed by atoms with Gasteiger partial charge < -0.3 is 34.3 Å². The molecule has 4 aliphatic heterocycles. The molecule has 4 bridgehead atoms. The molecule has 9 nitrogen and oxygen atoms in total. The minimum absolute atomic E-state index is 0.0396. The van der Waals surface area contributed by atoms with Crippen LogP contribution in [0.15, 0.2) is 23.3 Å². The fraction of sp³-hybridized carbons (Fsp3) is 0.854. The summed E-state index contributed by atoms with van der Waals surface area (Å²) in [4.78, 5) is 28.1. The van der Waals surface area contributed by atoms with Gasteiger partial charge in [-0.25, -0.2) is 4.79 Å². The minimum atomic E-state index is -1.82. The average molecular weight is 701 g/mol. The first-order chi connectivity index (χ1) is 23.3. The third-order valence-corrected chi connectivity index (χ3v) is 14.2. The highest BCUT2D eigenvalue weighted by atomic mass is 16.6. The summed E-state index contributed by atoms with van der Waals surface area (Å²) in [5, 5.41) is 35.5. The molecule has 6 rings (SSSR count). The Bertz CT molecular complexity index is 1270. The lowest BCUT2D eigenvalue weighted by Crippen LogP contribution is -2.59. The number of allylic oxidation sites excluding steroid dienone is 4. The van der Waals surface area contributed by atoms with Crippen molar-refractivity contribution in [3.8, 4) is 0 Å². The molecule has 50 heavy (non-hydrogen) atoms. The molecular weight excluding hydrogens is 636 g/mol. The van der Waals surface area contributed by atoms with Gasteiger partial charge in [-0.05, 0) is 157 Å². The zero-order chi connectivity index (χ0) is 36.3. The molecule has 12 atom stereocenters. The summed E-state index contributed by atoms with van der Waals surface area (Å²) in [5.41, 5.74) is -3.25. The van der Waals surface area contributed by atoms with Crippen LogP contribution in [0.5, 0.6) is 0 Å². The maximum atomic E-state index is 14.1. The van der Waals surface area contributed by atoms with E-state index in [-0.39, 0.29) is 48.1 Å². The van der Waals surface area contributed by atoms with Crippen LogP contribution in [0.2, 0.25) is 0 Å². The largest absolute Gasteiger partial charge is 0.459 e. The second-order valence-electron chi connectivity index (χ2n) is 18.4. The van der Waals surface area contributed by atoms with Gasteiger partial charge in [-0.3, -0.25) is 4.79 Å². The molecule has 3 N–H and O–H groups in total. The SMILES string of the molecule is C/C1=C/CC[C@](C)(O)[C@@H]2C[C@@H](CC[C@]3(C)O[C@H]3CC1)[C@@](C)(CC[C@@]1(O)C(=O)O[C@H]3C[C@H]1CC[C@]1(C)O[C@H]1CC/C(C)=C/CC[C@]3(C)O)C(=O)O2. The standard InChI is InChI=1S/C41H64O9/c1-26-10-8-18-37(4,44)32-24-28(16-20-39(6)30(49-39)14-12-26)36(3,34(42)47-32)22-23-41(46)29-17-21-40(7)31(50-40)15-13-27(2)11-9-19-38(5,45)33(25-29)48-35(41)43/h10-11,28-33,44-46H,8-9,12-25H2,1-7H3/b26-10-,27-11+/t28-,29-,30+,31+,32+,33+,36-,37+,38+,39+,40+,41+/m1/s1. The normalized spacial score (nSPS) is 51.1. The first-order valence-electron chi connectivity index (χ1n) is 19.6. The molecule has 4 heterocycles. The van der Waals surface area contributed by atoms with Crippen molar-refractivity contribution in [3.63, 3.8) is 0 Å². The second-order valence-corrected chi connectivity index (χ2v) is 18.4. The van der Waals surface area contributed by atoms with Gasteiger partial charge in [0.2, 0.25) is 0 Å². The molecule has 4 saturated heterocycles. The molecular formula is C41H64O9. The Kier molecular flexibility index (Phi) is 10.3. The summed E-state index contributed by atoms with van der Waals surface area (Å²) in [6.45, 7) is 13.9. The summed E-state index contributed by atoms with van der Waals surface area (Å²) in [7, 11) is 0. The zero-order valence-electron chi connectivity index (χ0n) is 31.7. The lowest BCUT2D eigenvalue weighted by Gasteiger charge is -2.49. The predicted octanol–water partition coefficient (Wildman–Crippen LogP) is 6.79. The van der Waals surface area contributed by atoms with E-state index in [1.54, 1.807) is 13.8 Å². The van der Waals surface area contributed by atoms with E-state index < -0.39 is 46.3 Å². The predicted molar refractivity (Wildman–Crippen MR) is 189 cm³/mol. The first-order valence-corrected chi connectivity index (χ1v) is 19.6. The van der Waals surface area contributed by atoms with Crippen LogP contribution in [0.3, 0.4) is 0 Å². The van der Waals surface area contributed by atoms with Crippen LogP contribution in [-0.4, -0.2) is 79.7 Å². The number of ether oxygens (including phenoxy) is 4. The minimum Gasteiger partial charge on any atom is -0.459 e. The van der Waals surface area contributed by atoms with E-state index in [1.807, 2.05) is 6.92 Å². The third-order valence-electron chi connectivity index (χ3n) is 14.2. The van der Waals surface area contributed by atoms with Crippen molar-refractivity contribution in [2.45, 2.75) is 204 Å². The van der Waals surface area contributed by atoms with E-state index in [9.17, 15) is 24.9 Å². The number of carbonyl (C=O) groups is 2. The summed E-state index contributed by atoms with van der Waals surface area (Å²) >= 11 is 0. The van der Waals surface area contributed by atoms with Crippen LogP contribution in [0.4, 0.5) is 0 Å². The van der Waals surface area contributed by atoms with Crippen molar-refractivity contribution in [2.75, 3.05) is 0 Å². The fourth-order valence-corrected chi connectivity index (χ4v) is 9.65. The first kappa shape index (κ1) is 38.0. The van der Waals surface area contributed by atoms with Crippen molar-refractivity contribution >= 4 is 11.9 Å². The number of aliphatic hydroxyl groups is 3. The summed E-state index contributed by atoms with van der Waals surface area (Å²) in [6.07, 6.45) is 13.2. The highest BCUT2D eigenvalue weighted by Crippen LogP contribution is 2.53. The quantitative estimate of drug-likeness (QED) is 0.165. The van der Waals surface area contributed by atoms with Gasteiger partial charge in [-0.15, -0.1) is 0 Å². The number of rotatable bonds is 3. The van der Waals surface area contributed by atoms with Crippen LogP contribution in [0.25, 0.3) is 0 Å². The van der Waals surface area contributed by atoms with E-state index in [4.69, 9.17) is 18.9 Å². The molecule has 6 aliphatic rings. The van der Waals surface area contributed by atoms with Crippen molar-refractivity contribution in [1.29, 1.82) is 0 Å². The molecule has 0 unspecified atom stereocenters. The number of epoxide rings is 2. The summed E-state index contributed by atoms with van der Waals surface area (Å²) in [5.74, 6) is -1.72. The topological polar surface area (TPSA) is 138 Å². The van der Waals surface area contributed by atoms with Crippen LogP contribution >= 0.6 is 0 Å². The number of hydrogen-bond acceptors (Lipinski definition) is 9. The highest BCUT2D eigenvalue weighted by Gasteiger charge is 2.60. The van der Waals surface area contributed by atoms with Crippen molar-refractivity contribution in [3.05, 3.63) is 23.3 Å². The Morgan fingerprint density at radius 1 is 0.620 bits per heavy atom. The van der Waals surface area contributed by atoms with Gasteiger partial charge in [-0.1, -0.05) is 23.3 Å². The smallest absolute Gasteiger partial charge is 0.338 e. The highest BCUT2D eigenvalue weighted by molar-refractivity contribution is 5.81. The maximum absolute atomic E-state index is 14.1. The van der Waals surface area contributed by atoms with Gasteiger partial charge in [0.1, 0.15) is 12.2 Å². The Morgan fingerprint density at radius 2 is 1.08 bits per heavy atom. The Hall–Kier alpha value is -1.78. The van der Waals surface area contributed by atoms with E-state index in [2.05, 4.69) is 39.8 Å². The maximum Gasteiger partial charge on any atom is 0.338 e. The van der Waals surface area contributed by atoms with Crippen molar-refractivity contribution in [1.82, 2.24) is 0 Å². The van der Waals surface area contributed by atoms with Gasteiger partial charge >= 0.3 is 11.9 Å². The molecule has 2 aliphatic carbocycles. The number of hydrogen-bond donors (Lipinski definition) is 3. The van der Waals surface area contributed by atoms with Gasteiger partial charge in [0.25, 0.3) is 0 Å². The molecule has 0 aromatic rings. The summed E-state index contributed by atoms with van der Waals surface area (Å²) in [6, 6.07) is 0. The van der Waals surface area contributed by atoms with Crippen LogP contribution in [0.1, 0.15) is 151 Å². The molecule has 0 amide bonds. The van der Waals surface area contributed by atoms with Crippen LogP contribution in [0, 0.1) is 17.3 Å². The third kappa shape index (κ3) is 7.64. The van der Waals surface area contributed by atoms with Gasteiger partial charge in [-0.2, -0.15) is 0 Å². The lowest BCUT2D eigenvalue weighted by molar-refractivity contribution is -0.217. The van der Waals surface area contributed by atoms with E-state index in [0.29, 0.717) is 57.8 Å². The van der Waals surface area contributed by atoms with E-state index >= 15 is 0 Å². The lowest BCUT2D eigenvalue weighted by atomic mass is 9.63. The molecule has 0 aromatic heterocycles. The number of carbonyl (C=O) groups excluding carboxylic acids is 2. The monoisotopic (exact) mass is 700 g/mol.